The Morgan fingerprint density at radius 3 is 2.38 bits per heavy atom. The summed E-state index contributed by atoms with van der Waals surface area (Å²) in [5, 5.41) is 8.16. The summed E-state index contributed by atoms with van der Waals surface area (Å²) < 4.78 is 7.09. The highest BCUT2D eigenvalue weighted by molar-refractivity contribution is 5.81. The van der Waals surface area contributed by atoms with Crippen molar-refractivity contribution in [2.24, 2.45) is 0 Å². The van der Waals surface area contributed by atoms with Crippen molar-refractivity contribution in [1.82, 2.24) is 14.6 Å². The van der Waals surface area contributed by atoms with Gasteiger partial charge in [0.1, 0.15) is 11.6 Å². The molecule has 130 valence electrons. The third kappa shape index (κ3) is 2.88. The Morgan fingerprint density at radius 1 is 0.962 bits per heavy atom. The maximum absolute atomic E-state index is 5.22. The van der Waals surface area contributed by atoms with E-state index in [-0.39, 0.29) is 0 Å². The van der Waals surface area contributed by atoms with Gasteiger partial charge < -0.3 is 10.1 Å². The van der Waals surface area contributed by atoms with Gasteiger partial charge in [-0.3, -0.25) is 0 Å². The van der Waals surface area contributed by atoms with Gasteiger partial charge in [0.25, 0.3) is 0 Å². The van der Waals surface area contributed by atoms with E-state index in [0.717, 1.165) is 45.4 Å². The van der Waals surface area contributed by atoms with Crippen LogP contribution in [0.4, 0.5) is 11.5 Å². The topological polar surface area (TPSA) is 51.5 Å². The lowest BCUT2D eigenvalue weighted by molar-refractivity contribution is 0.415. The monoisotopic (exact) mass is 344 g/mol. The average Bonchev–Trinajstić information content (AvgIpc) is 2.99. The third-order valence-corrected chi connectivity index (χ3v) is 4.32. The molecule has 4 rings (SSSR count). The molecule has 0 aliphatic rings. The minimum Gasteiger partial charge on any atom is -0.497 e. The van der Waals surface area contributed by atoms with Crippen molar-refractivity contribution in [2.45, 2.75) is 13.8 Å². The second-order valence-electron chi connectivity index (χ2n) is 6.20. The molecule has 0 amide bonds. The second-order valence-corrected chi connectivity index (χ2v) is 6.20. The zero-order valence-corrected chi connectivity index (χ0v) is 15.0. The smallest absolute Gasteiger partial charge is 0.165 e. The maximum Gasteiger partial charge on any atom is 0.165 e. The van der Waals surface area contributed by atoms with Crippen LogP contribution in [0.2, 0.25) is 0 Å². The standard InChI is InChI=1S/C21H20N4O/c1-14-13-19(23-17-9-11-18(26-3)12-10-17)25-21(22-14)20(15(2)24-25)16-7-5-4-6-8-16/h4-13,23H,1-3H3. The van der Waals surface area contributed by atoms with Gasteiger partial charge in [-0.2, -0.15) is 9.61 Å². The first-order chi connectivity index (χ1) is 12.7. The fourth-order valence-electron chi connectivity index (χ4n) is 3.10. The minimum absolute atomic E-state index is 0.827. The highest BCUT2D eigenvalue weighted by atomic mass is 16.5. The van der Waals surface area contributed by atoms with Gasteiger partial charge in [-0.15, -0.1) is 0 Å². The molecule has 0 bridgehead atoms. The molecule has 0 radical (unpaired) electrons. The Morgan fingerprint density at radius 2 is 1.69 bits per heavy atom. The van der Waals surface area contributed by atoms with Crippen molar-refractivity contribution in [3.05, 3.63) is 72.1 Å². The van der Waals surface area contributed by atoms with Crippen molar-refractivity contribution in [2.75, 3.05) is 12.4 Å². The summed E-state index contributed by atoms with van der Waals surface area (Å²) >= 11 is 0. The Hall–Kier alpha value is -3.34. The van der Waals surface area contributed by atoms with Crippen LogP contribution in [-0.4, -0.2) is 21.7 Å². The van der Waals surface area contributed by atoms with E-state index < -0.39 is 0 Å². The van der Waals surface area contributed by atoms with Gasteiger partial charge in [-0.25, -0.2) is 4.98 Å². The number of fused-ring (bicyclic) bond motifs is 1. The molecule has 0 fully saturated rings. The summed E-state index contributed by atoms with van der Waals surface area (Å²) in [7, 11) is 1.66. The van der Waals surface area contributed by atoms with E-state index in [1.165, 1.54) is 0 Å². The molecule has 2 heterocycles. The normalized spacial score (nSPS) is 10.9. The van der Waals surface area contributed by atoms with Crippen LogP contribution in [0.5, 0.6) is 5.75 Å². The molecule has 26 heavy (non-hydrogen) atoms. The van der Waals surface area contributed by atoms with E-state index in [0.29, 0.717) is 0 Å². The number of aromatic nitrogens is 3. The Balaban J connectivity index is 1.83. The SMILES string of the molecule is COc1ccc(Nc2cc(C)nc3c(-c4ccccc4)c(C)nn23)cc1. The Kier molecular flexibility index (Phi) is 4.05. The molecule has 0 aliphatic carbocycles. The van der Waals surface area contributed by atoms with Crippen molar-refractivity contribution in [3.63, 3.8) is 0 Å². The predicted octanol–water partition coefficient (Wildman–Crippen LogP) is 4.77. The first-order valence-corrected chi connectivity index (χ1v) is 8.49. The van der Waals surface area contributed by atoms with E-state index in [9.17, 15) is 0 Å². The van der Waals surface area contributed by atoms with Crippen molar-refractivity contribution in [3.8, 4) is 16.9 Å². The van der Waals surface area contributed by atoms with Crippen LogP contribution >= 0.6 is 0 Å². The Bertz CT molecular complexity index is 1050. The van der Waals surface area contributed by atoms with Gasteiger partial charge in [0.2, 0.25) is 0 Å². The summed E-state index contributed by atoms with van der Waals surface area (Å²) in [6.45, 7) is 4.01. The lowest BCUT2D eigenvalue weighted by Gasteiger charge is -2.10. The molecule has 0 saturated heterocycles. The number of nitrogens with one attached hydrogen (secondary N) is 1. The number of hydrogen-bond acceptors (Lipinski definition) is 4. The summed E-state index contributed by atoms with van der Waals surface area (Å²) in [5.41, 5.74) is 5.88. The van der Waals surface area contributed by atoms with Crippen molar-refractivity contribution < 1.29 is 4.74 Å². The number of anilines is 2. The highest BCUT2D eigenvalue weighted by Gasteiger charge is 2.16. The molecular formula is C21H20N4O. The van der Waals surface area contributed by atoms with Gasteiger partial charge >= 0.3 is 0 Å². The van der Waals surface area contributed by atoms with E-state index in [1.54, 1.807) is 7.11 Å². The third-order valence-electron chi connectivity index (χ3n) is 4.32. The molecule has 5 heteroatoms. The largest absolute Gasteiger partial charge is 0.497 e. The van der Waals surface area contributed by atoms with E-state index >= 15 is 0 Å². The molecule has 0 saturated carbocycles. The number of aryl methyl sites for hydroxylation is 2. The number of ether oxygens (including phenoxy) is 1. The summed E-state index contributed by atoms with van der Waals surface area (Å²) in [6.07, 6.45) is 0. The molecule has 0 atom stereocenters. The molecule has 0 aliphatic heterocycles. The van der Waals surface area contributed by atoms with E-state index in [4.69, 9.17) is 14.8 Å². The lowest BCUT2D eigenvalue weighted by atomic mass is 10.1. The highest BCUT2D eigenvalue weighted by Crippen LogP contribution is 2.30. The number of hydrogen-bond donors (Lipinski definition) is 1. The minimum atomic E-state index is 0.827. The van der Waals surface area contributed by atoms with Crippen LogP contribution in [0.1, 0.15) is 11.4 Å². The van der Waals surface area contributed by atoms with Gasteiger partial charge in [-0.1, -0.05) is 30.3 Å². The second kappa shape index (κ2) is 6.52. The summed E-state index contributed by atoms with van der Waals surface area (Å²) in [5.74, 6) is 1.70. The fourth-order valence-corrected chi connectivity index (χ4v) is 3.10. The number of methoxy groups -OCH3 is 1. The summed E-state index contributed by atoms with van der Waals surface area (Å²) in [6, 6.07) is 20.1. The maximum atomic E-state index is 5.22. The first-order valence-electron chi connectivity index (χ1n) is 8.49. The molecular weight excluding hydrogens is 324 g/mol. The van der Waals surface area contributed by atoms with Crippen molar-refractivity contribution in [1.29, 1.82) is 0 Å². The summed E-state index contributed by atoms with van der Waals surface area (Å²) in [4.78, 5) is 4.74. The van der Waals surface area contributed by atoms with E-state index in [2.05, 4.69) is 17.4 Å². The van der Waals surface area contributed by atoms with Gasteiger partial charge in [0, 0.05) is 23.0 Å². The molecule has 5 nitrogen and oxygen atoms in total. The molecule has 4 aromatic rings. The molecule has 2 aromatic heterocycles. The van der Waals surface area contributed by atoms with Gasteiger partial charge in [-0.05, 0) is 43.7 Å². The van der Waals surface area contributed by atoms with Crippen LogP contribution < -0.4 is 10.1 Å². The van der Waals surface area contributed by atoms with Crippen LogP contribution in [0.25, 0.3) is 16.8 Å². The van der Waals surface area contributed by atoms with Crippen LogP contribution in [-0.2, 0) is 0 Å². The van der Waals surface area contributed by atoms with Crippen molar-refractivity contribution >= 4 is 17.2 Å². The van der Waals surface area contributed by atoms with Crippen LogP contribution in [0, 0.1) is 13.8 Å². The predicted molar refractivity (Wildman–Crippen MR) is 104 cm³/mol. The molecule has 0 unspecified atom stereocenters. The zero-order valence-electron chi connectivity index (χ0n) is 15.0. The number of benzene rings is 2. The van der Waals surface area contributed by atoms with Crippen LogP contribution in [0.3, 0.4) is 0 Å². The molecule has 2 aromatic carbocycles. The zero-order chi connectivity index (χ0) is 18.1. The number of nitrogens with zero attached hydrogens (tertiary/aromatic N) is 3. The lowest BCUT2D eigenvalue weighted by Crippen LogP contribution is -2.02. The average molecular weight is 344 g/mol. The Labute approximate surface area is 152 Å². The first kappa shape index (κ1) is 16.1. The number of rotatable bonds is 4. The van der Waals surface area contributed by atoms with Crippen LogP contribution in [0.15, 0.2) is 60.7 Å². The van der Waals surface area contributed by atoms with Gasteiger partial charge in [0.15, 0.2) is 5.65 Å². The molecule has 1 N–H and O–H groups in total. The quantitative estimate of drug-likeness (QED) is 0.580. The van der Waals surface area contributed by atoms with Gasteiger partial charge in [0.05, 0.1) is 12.8 Å². The fraction of sp³-hybridized carbons (Fsp3) is 0.143. The van der Waals surface area contributed by atoms with E-state index in [1.807, 2.05) is 66.9 Å². The molecule has 0 spiro atoms.